The Morgan fingerprint density at radius 1 is 1.20 bits per heavy atom. The number of hydrazine groups is 1. The molecule has 2 aromatic rings. The van der Waals surface area contributed by atoms with Gasteiger partial charge in [0.25, 0.3) is 5.56 Å². The largest absolute Gasteiger partial charge is 0.307 e. The Bertz CT molecular complexity index is 654. The van der Waals surface area contributed by atoms with Crippen LogP contribution in [0.3, 0.4) is 0 Å². The van der Waals surface area contributed by atoms with Crippen LogP contribution in [-0.4, -0.2) is 22.1 Å². The molecule has 0 aliphatic carbocycles. The molecule has 2 unspecified atom stereocenters. The summed E-state index contributed by atoms with van der Waals surface area (Å²) in [7, 11) is 0. The van der Waals surface area contributed by atoms with E-state index in [1.807, 2.05) is 30.3 Å². The maximum Gasteiger partial charge on any atom is 0.257 e. The molecule has 20 heavy (non-hydrogen) atoms. The number of hydrogen-bond acceptors (Lipinski definition) is 3. The van der Waals surface area contributed by atoms with Crippen LogP contribution in [0.2, 0.25) is 0 Å². The standard InChI is InChI=1S/C16H21N3O/c1-11-6-5-7-12(2)19(11)18-15-10-13-8-3-4-9-14(13)16(20)17-15/h3-4,8-12H,5-7H2,1-2H3,(H2,17,18,20). The number of hydrogen-bond donors (Lipinski definition) is 2. The van der Waals surface area contributed by atoms with Crippen LogP contribution in [0.4, 0.5) is 5.82 Å². The lowest BCUT2D eigenvalue weighted by molar-refractivity contribution is 0.135. The van der Waals surface area contributed by atoms with E-state index in [-0.39, 0.29) is 5.56 Å². The molecule has 3 rings (SSSR count). The van der Waals surface area contributed by atoms with Crippen molar-refractivity contribution in [2.24, 2.45) is 0 Å². The molecule has 0 radical (unpaired) electrons. The number of aromatic nitrogens is 1. The van der Waals surface area contributed by atoms with Gasteiger partial charge in [0, 0.05) is 17.5 Å². The van der Waals surface area contributed by atoms with Crippen molar-refractivity contribution in [3.8, 4) is 0 Å². The van der Waals surface area contributed by atoms with Crippen molar-refractivity contribution in [1.29, 1.82) is 0 Å². The van der Waals surface area contributed by atoms with E-state index in [4.69, 9.17) is 0 Å². The molecule has 1 fully saturated rings. The van der Waals surface area contributed by atoms with Gasteiger partial charge in [-0.05, 0) is 44.2 Å². The molecule has 4 nitrogen and oxygen atoms in total. The molecule has 1 saturated heterocycles. The van der Waals surface area contributed by atoms with Crippen LogP contribution < -0.4 is 11.0 Å². The molecule has 2 N–H and O–H groups in total. The highest BCUT2D eigenvalue weighted by Gasteiger charge is 2.24. The average molecular weight is 271 g/mol. The molecule has 0 spiro atoms. The van der Waals surface area contributed by atoms with E-state index in [1.54, 1.807) is 0 Å². The second kappa shape index (κ2) is 5.29. The zero-order valence-electron chi connectivity index (χ0n) is 12.0. The van der Waals surface area contributed by atoms with E-state index >= 15 is 0 Å². The fourth-order valence-corrected chi connectivity index (χ4v) is 3.05. The molecule has 0 amide bonds. The van der Waals surface area contributed by atoms with Crippen molar-refractivity contribution in [3.63, 3.8) is 0 Å². The van der Waals surface area contributed by atoms with Gasteiger partial charge in [0.1, 0.15) is 5.82 Å². The van der Waals surface area contributed by atoms with Crippen molar-refractivity contribution in [2.45, 2.75) is 45.2 Å². The molecular formula is C16H21N3O. The lowest BCUT2D eigenvalue weighted by Crippen LogP contribution is -2.47. The van der Waals surface area contributed by atoms with E-state index in [9.17, 15) is 4.79 Å². The Morgan fingerprint density at radius 2 is 1.90 bits per heavy atom. The Labute approximate surface area is 118 Å². The summed E-state index contributed by atoms with van der Waals surface area (Å²) in [5.74, 6) is 0.773. The second-order valence-corrected chi connectivity index (χ2v) is 5.75. The molecule has 4 heteroatoms. The van der Waals surface area contributed by atoms with Crippen LogP contribution in [0.25, 0.3) is 10.8 Å². The zero-order valence-corrected chi connectivity index (χ0v) is 12.0. The lowest BCUT2D eigenvalue weighted by Gasteiger charge is -2.39. The summed E-state index contributed by atoms with van der Waals surface area (Å²) in [4.78, 5) is 15.0. The number of H-pyrrole nitrogens is 1. The maximum absolute atomic E-state index is 12.1. The molecule has 2 heterocycles. The van der Waals surface area contributed by atoms with Gasteiger partial charge in [0.2, 0.25) is 0 Å². The van der Waals surface area contributed by atoms with Gasteiger partial charge in [-0.3, -0.25) is 4.79 Å². The van der Waals surface area contributed by atoms with Crippen LogP contribution in [0.1, 0.15) is 33.1 Å². The number of aromatic amines is 1. The molecular weight excluding hydrogens is 250 g/mol. The van der Waals surface area contributed by atoms with Crippen LogP contribution in [0.15, 0.2) is 35.1 Å². The predicted molar refractivity (Wildman–Crippen MR) is 82.8 cm³/mol. The van der Waals surface area contributed by atoms with Crippen LogP contribution in [0, 0.1) is 0 Å². The molecule has 0 bridgehead atoms. The van der Waals surface area contributed by atoms with Gasteiger partial charge < -0.3 is 10.4 Å². The summed E-state index contributed by atoms with van der Waals surface area (Å²) in [5, 5.41) is 3.96. The third kappa shape index (κ3) is 2.43. The fraction of sp³-hybridized carbons (Fsp3) is 0.438. The molecule has 0 saturated carbocycles. The van der Waals surface area contributed by atoms with Gasteiger partial charge in [0.15, 0.2) is 0 Å². The fourth-order valence-electron chi connectivity index (χ4n) is 3.05. The average Bonchev–Trinajstić information content (AvgIpc) is 2.43. The van der Waals surface area contributed by atoms with Crippen LogP contribution >= 0.6 is 0 Å². The Kier molecular flexibility index (Phi) is 3.49. The molecule has 106 valence electrons. The van der Waals surface area contributed by atoms with Crippen molar-refractivity contribution < 1.29 is 0 Å². The van der Waals surface area contributed by atoms with Gasteiger partial charge in [-0.2, -0.15) is 0 Å². The Balaban J connectivity index is 1.92. The van der Waals surface area contributed by atoms with Crippen molar-refractivity contribution in [2.75, 3.05) is 5.43 Å². The monoisotopic (exact) mass is 271 g/mol. The van der Waals surface area contributed by atoms with Crippen molar-refractivity contribution >= 4 is 16.6 Å². The lowest BCUT2D eigenvalue weighted by atomic mass is 10.00. The zero-order chi connectivity index (χ0) is 14.1. The highest BCUT2D eigenvalue weighted by Crippen LogP contribution is 2.23. The number of rotatable bonds is 2. The predicted octanol–water partition coefficient (Wildman–Crippen LogP) is 3.12. The first-order valence-corrected chi connectivity index (χ1v) is 7.32. The van der Waals surface area contributed by atoms with Gasteiger partial charge >= 0.3 is 0 Å². The summed E-state index contributed by atoms with van der Waals surface area (Å²) >= 11 is 0. The van der Waals surface area contributed by atoms with E-state index in [0.29, 0.717) is 12.1 Å². The first-order valence-electron chi connectivity index (χ1n) is 7.32. The van der Waals surface area contributed by atoms with E-state index in [0.717, 1.165) is 16.6 Å². The summed E-state index contributed by atoms with van der Waals surface area (Å²) in [6.45, 7) is 4.45. The number of anilines is 1. The quantitative estimate of drug-likeness (QED) is 0.882. The third-order valence-corrected chi connectivity index (χ3v) is 4.20. The normalized spacial score (nSPS) is 23.9. The number of nitrogens with one attached hydrogen (secondary N) is 2. The molecule has 1 aliphatic rings. The summed E-state index contributed by atoms with van der Waals surface area (Å²) in [5.41, 5.74) is 3.35. The maximum atomic E-state index is 12.1. The van der Waals surface area contributed by atoms with Crippen LogP contribution in [-0.2, 0) is 0 Å². The van der Waals surface area contributed by atoms with Crippen molar-refractivity contribution in [3.05, 3.63) is 40.7 Å². The van der Waals surface area contributed by atoms with E-state index in [2.05, 4.69) is 29.3 Å². The molecule has 1 aromatic heterocycles. The SMILES string of the molecule is CC1CCCC(C)N1Nc1cc2ccccc2c(=O)[nH]1. The number of piperidine rings is 1. The number of pyridine rings is 1. The third-order valence-electron chi connectivity index (χ3n) is 4.20. The van der Waals surface area contributed by atoms with Crippen LogP contribution in [0.5, 0.6) is 0 Å². The first kappa shape index (κ1) is 13.2. The highest BCUT2D eigenvalue weighted by molar-refractivity contribution is 5.83. The van der Waals surface area contributed by atoms with Gasteiger partial charge in [0.05, 0.1) is 0 Å². The number of fused-ring (bicyclic) bond motifs is 1. The topological polar surface area (TPSA) is 48.1 Å². The second-order valence-electron chi connectivity index (χ2n) is 5.75. The minimum atomic E-state index is -0.0390. The molecule has 1 aliphatic heterocycles. The van der Waals surface area contributed by atoms with Gasteiger partial charge in [-0.1, -0.05) is 24.6 Å². The Hall–Kier alpha value is -1.81. The summed E-state index contributed by atoms with van der Waals surface area (Å²) in [6, 6.07) is 10.6. The number of benzene rings is 1. The minimum absolute atomic E-state index is 0.0390. The Morgan fingerprint density at radius 3 is 2.65 bits per heavy atom. The summed E-state index contributed by atoms with van der Waals surface area (Å²) < 4.78 is 0. The molecule has 1 aromatic carbocycles. The van der Waals surface area contributed by atoms with E-state index in [1.165, 1.54) is 19.3 Å². The highest BCUT2D eigenvalue weighted by atomic mass is 16.1. The number of nitrogens with zero attached hydrogens (tertiary/aromatic N) is 1. The van der Waals surface area contributed by atoms with Gasteiger partial charge in [-0.25, -0.2) is 5.01 Å². The van der Waals surface area contributed by atoms with Crippen molar-refractivity contribution in [1.82, 2.24) is 9.99 Å². The van der Waals surface area contributed by atoms with Gasteiger partial charge in [-0.15, -0.1) is 0 Å². The first-order chi connectivity index (χ1) is 9.65. The smallest absolute Gasteiger partial charge is 0.257 e. The van der Waals surface area contributed by atoms with E-state index < -0.39 is 0 Å². The minimum Gasteiger partial charge on any atom is -0.307 e. The summed E-state index contributed by atoms with van der Waals surface area (Å²) in [6.07, 6.45) is 3.65. The molecule has 2 atom stereocenters.